The molecule has 0 saturated heterocycles. The lowest BCUT2D eigenvalue weighted by atomic mass is 9.98. The van der Waals surface area contributed by atoms with E-state index in [9.17, 15) is 77.8 Å². The van der Waals surface area contributed by atoms with Crippen LogP contribution in [0.25, 0.3) is 0 Å². The number of ether oxygens (including phenoxy) is 5. The maximum Gasteiger partial charge on any atom is 0.342 e. The van der Waals surface area contributed by atoms with Gasteiger partial charge in [-0.15, -0.1) is 46.4 Å². The molecule has 1 aliphatic rings. The summed E-state index contributed by atoms with van der Waals surface area (Å²) < 4.78 is 28.5. The molecule has 34 nitrogen and oxygen atoms in total. The van der Waals surface area contributed by atoms with E-state index in [1.165, 1.54) is 53.0 Å². The van der Waals surface area contributed by atoms with Crippen molar-refractivity contribution in [1.29, 1.82) is 0 Å². The molecule has 2 aromatic heterocycles. The van der Waals surface area contributed by atoms with E-state index in [0.29, 0.717) is 63.9 Å². The fourth-order valence-electron chi connectivity index (χ4n) is 9.52. The Hall–Kier alpha value is -10.9. The Kier molecular flexibility index (Phi) is 52.7. The molecule has 0 unspecified atom stereocenters. The highest BCUT2D eigenvalue weighted by Crippen LogP contribution is 2.21. The Labute approximate surface area is 712 Å². The van der Waals surface area contributed by atoms with Crippen molar-refractivity contribution in [1.82, 2.24) is 24.0 Å². The van der Waals surface area contributed by atoms with Crippen LogP contribution in [-0.2, 0) is 75.1 Å². The molecule has 0 aliphatic heterocycles. The first kappa shape index (κ1) is 108. The fourth-order valence-corrected chi connectivity index (χ4v) is 9.52. The number of ketones is 2. The lowest BCUT2D eigenvalue weighted by molar-refractivity contribution is -0.392. The van der Waals surface area contributed by atoms with Crippen LogP contribution in [0.5, 0.6) is 0 Å². The quantitative estimate of drug-likeness (QED) is 0.00464. The normalized spacial score (nSPS) is 11.3. The molecule has 38 heteroatoms. The third-order valence-corrected chi connectivity index (χ3v) is 15.2. The molecule has 1 aliphatic carbocycles. The SMILES string of the molecule is CC(C)(C)OC(=O)c1ccc(N)cc1.CC(C)(C)OC(=O)c1ccc(NC(=O)CCCC(=O)O)cc1.CCN(CC)CC.Cc1ncc([N+](=O)[O-])n1CCOC(=O)CCCC(=O)Nc1ccc(C(=O)O)cc1.Cc1ncc([N+](=O)[O-])n1CCOC(=O)CCCC(=O)Nc1ccc(C(=O)OC(C)(C)C)cc1.ClCCl.ClCCl.O=C1CCCC(=O)C1. The maximum absolute atomic E-state index is 12.1. The summed E-state index contributed by atoms with van der Waals surface area (Å²) in [5.41, 5.74) is 7.46. The van der Waals surface area contributed by atoms with E-state index in [4.69, 9.17) is 86.0 Å². The molecule has 119 heavy (non-hydrogen) atoms. The number of nitrogens with two attached hydrogens (primary N) is 1. The number of imidazole rings is 2. The number of aromatic carboxylic acids is 1. The number of nitrogen functional groups attached to an aromatic ring is 1. The summed E-state index contributed by atoms with van der Waals surface area (Å²) in [6.45, 7) is 29.7. The summed E-state index contributed by atoms with van der Waals surface area (Å²) in [6, 6.07) is 25.1. The number of carbonyl (C=O) groups excluding carboxylic acids is 10. The Bertz CT molecular complexity index is 4170. The van der Waals surface area contributed by atoms with Gasteiger partial charge in [0.1, 0.15) is 67.1 Å². The molecule has 0 atom stereocenters. The number of hydrogen-bond donors (Lipinski definition) is 6. The zero-order valence-corrected chi connectivity index (χ0v) is 72.7. The number of nitrogens with zero attached hydrogens (tertiary/aromatic N) is 7. The first-order valence-electron chi connectivity index (χ1n) is 37.6. The van der Waals surface area contributed by atoms with Gasteiger partial charge in [-0.3, -0.25) is 38.4 Å². The number of aromatic nitrogens is 4. The molecule has 656 valence electrons. The van der Waals surface area contributed by atoms with E-state index in [2.05, 4.69) is 51.6 Å². The molecule has 7 rings (SSSR count). The molecule has 6 aromatic rings. The number of carbonyl (C=O) groups is 12. The van der Waals surface area contributed by atoms with Crippen LogP contribution in [0.3, 0.4) is 0 Å². The Morgan fingerprint density at radius 2 is 0.773 bits per heavy atom. The van der Waals surface area contributed by atoms with Gasteiger partial charge in [0, 0.05) is 88.0 Å². The van der Waals surface area contributed by atoms with Crippen LogP contribution in [0, 0.1) is 34.1 Å². The van der Waals surface area contributed by atoms with Crippen molar-refractivity contribution in [2.45, 2.75) is 210 Å². The molecule has 2 heterocycles. The number of alkyl halides is 4. The first-order valence-corrected chi connectivity index (χ1v) is 39.7. The minimum Gasteiger partial charge on any atom is -0.481 e. The maximum atomic E-state index is 12.1. The van der Waals surface area contributed by atoms with Crippen LogP contribution in [0.2, 0.25) is 0 Å². The van der Waals surface area contributed by atoms with Crippen LogP contribution < -0.4 is 21.7 Å². The number of carboxylic acids is 2. The molecule has 3 amide bonds. The number of aliphatic carboxylic acids is 1. The Morgan fingerprint density at radius 3 is 1.02 bits per heavy atom. The Balaban J connectivity index is 0.00000147. The number of rotatable bonds is 30. The largest absolute Gasteiger partial charge is 0.481 e. The summed E-state index contributed by atoms with van der Waals surface area (Å²) >= 11 is 19.1. The minimum absolute atomic E-state index is 0.0242. The number of carboxylic acid groups (broad SMARTS) is 2. The lowest BCUT2D eigenvalue weighted by Crippen LogP contribution is -2.23. The van der Waals surface area contributed by atoms with E-state index in [0.717, 1.165) is 18.8 Å². The highest BCUT2D eigenvalue weighted by Gasteiger charge is 2.24. The predicted molar refractivity (Wildman–Crippen MR) is 452 cm³/mol. The average Bonchev–Trinajstić information content (AvgIpc) is 1.67. The highest BCUT2D eigenvalue weighted by molar-refractivity contribution is 6.41. The van der Waals surface area contributed by atoms with Gasteiger partial charge in [0.15, 0.2) is 11.6 Å². The van der Waals surface area contributed by atoms with Gasteiger partial charge in [-0.05, 0) is 215 Å². The number of aryl methyl sites for hydroxylation is 2. The van der Waals surface area contributed by atoms with Gasteiger partial charge in [-0.1, -0.05) is 20.8 Å². The summed E-state index contributed by atoms with van der Waals surface area (Å²) in [4.78, 5) is 167. The van der Waals surface area contributed by atoms with Gasteiger partial charge in [0.25, 0.3) is 0 Å². The third kappa shape index (κ3) is 51.1. The second-order valence-corrected chi connectivity index (χ2v) is 29.9. The number of esters is 5. The zero-order valence-electron chi connectivity index (χ0n) is 69.6. The van der Waals surface area contributed by atoms with Gasteiger partial charge < -0.3 is 80.7 Å². The third-order valence-electron chi connectivity index (χ3n) is 15.2. The molecule has 0 bridgehead atoms. The Morgan fingerprint density at radius 1 is 0.487 bits per heavy atom. The van der Waals surface area contributed by atoms with Crippen molar-refractivity contribution in [3.8, 4) is 0 Å². The van der Waals surface area contributed by atoms with Gasteiger partial charge in [-0.25, -0.2) is 38.3 Å². The smallest absolute Gasteiger partial charge is 0.342 e. The second-order valence-electron chi connectivity index (χ2n) is 28.3. The number of hydrogen-bond acceptors (Lipinski definition) is 25. The monoisotopic (exact) mass is 1750 g/mol. The number of nitro groups is 2. The van der Waals surface area contributed by atoms with Crippen molar-refractivity contribution < 1.29 is 101 Å². The van der Waals surface area contributed by atoms with Gasteiger partial charge in [-0.2, -0.15) is 0 Å². The van der Waals surface area contributed by atoms with Crippen LogP contribution >= 0.6 is 46.4 Å². The minimum atomic E-state index is -1.06. The standard InChI is InChI=1S/C22H28N4O7.C18H20N4O7.C16H21NO5.C11H15NO2.C6H15N.C6H8O2.2CH2Cl2/c1-15-23-14-19(26(30)31)25(15)12-13-32-20(28)7-5-6-18(27)24-17-10-8-16(9-11-17)21(29)33-22(2,3)4;1-12-19-11-16(22(27)28)21(12)9-10-29-17(24)4-2-3-15(23)20-14-7-5-13(6-8-14)18(25)26;1-16(2,3)22-15(21)11-7-9-12(10-8-11)17-13(18)5-4-6-14(19)20;1-11(2,3)14-10(13)8-4-6-9(12)7-5-8;1-4-7(5-2)6-3;7-5-2-1-3-6(8)4-5;2*2-1-3/h8-11,14H,5-7,12-13H2,1-4H3,(H,24,27);5-8,11H,2-4,9-10H2,1H3,(H,20,23)(H,25,26);7-10H,4-6H2,1-3H3,(H,17,18)(H,19,20);4-7H,12H2,1-3H3;4-6H2,1-3H3;1-4H2;2*1H2. The van der Waals surface area contributed by atoms with E-state index in [1.54, 1.807) is 128 Å². The fraction of sp³-hybridized carbons (Fsp3) is 0.481. The number of benzene rings is 4. The van der Waals surface area contributed by atoms with Crippen molar-refractivity contribution in [2.75, 3.05) is 65.2 Å². The van der Waals surface area contributed by atoms with Crippen molar-refractivity contribution in [3.63, 3.8) is 0 Å². The van der Waals surface area contributed by atoms with E-state index < -0.39 is 62.5 Å². The molecule has 7 N–H and O–H groups in total. The molecular weight excluding hydrogens is 1640 g/mol. The molecule has 0 spiro atoms. The lowest BCUT2D eigenvalue weighted by Gasteiger charge is -2.19. The molecule has 4 aromatic carbocycles. The highest BCUT2D eigenvalue weighted by atomic mass is 35.5. The summed E-state index contributed by atoms with van der Waals surface area (Å²) in [7, 11) is 0. The van der Waals surface area contributed by atoms with E-state index in [1.807, 2.05) is 20.8 Å². The van der Waals surface area contributed by atoms with E-state index in [-0.39, 0.29) is 154 Å². The first-order chi connectivity index (χ1) is 55.7. The number of halogens is 4. The predicted octanol–water partition coefficient (Wildman–Crippen LogP) is 15.5. The second kappa shape index (κ2) is 58.0. The van der Waals surface area contributed by atoms with Crippen LogP contribution in [0.4, 0.5) is 34.4 Å². The zero-order chi connectivity index (χ0) is 90.6. The van der Waals surface area contributed by atoms with Gasteiger partial charge in [0.05, 0.1) is 39.4 Å². The van der Waals surface area contributed by atoms with Crippen molar-refractivity contribution >= 4 is 152 Å². The number of nitrogens with one attached hydrogen (secondary N) is 3. The van der Waals surface area contributed by atoms with E-state index >= 15 is 0 Å². The van der Waals surface area contributed by atoms with Crippen LogP contribution in [0.1, 0.15) is 220 Å². The summed E-state index contributed by atoms with van der Waals surface area (Å²) in [5, 5.41) is 47.5. The van der Waals surface area contributed by atoms with Gasteiger partial charge in [0.2, 0.25) is 17.7 Å². The van der Waals surface area contributed by atoms with Gasteiger partial charge >= 0.3 is 53.4 Å². The number of anilines is 4. The summed E-state index contributed by atoms with van der Waals surface area (Å²) in [5.74, 6) is -4.25. The molecule has 0 radical (unpaired) electrons. The number of Topliss-reactive ketones (excluding diaryl/α,β-unsaturated/α-hetero) is 2. The molecular formula is C81H111Cl4N11O23. The van der Waals surface area contributed by atoms with Crippen molar-refractivity contribution in [2.24, 2.45) is 0 Å². The summed E-state index contributed by atoms with van der Waals surface area (Å²) in [6.07, 6.45) is 5.69. The molecule has 1 saturated carbocycles. The number of amides is 3. The molecule has 1 fully saturated rings. The average molecular weight is 1750 g/mol. The topological polar surface area (TPSA) is 479 Å². The van der Waals surface area contributed by atoms with Crippen LogP contribution in [-0.4, -0.2) is 175 Å². The van der Waals surface area contributed by atoms with Crippen molar-refractivity contribution in [3.05, 3.63) is 164 Å². The van der Waals surface area contributed by atoms with Crippen LogP contribution in [0.15, 0.2) is 109 Å².